The van der Waals surface area contributed by atoms with Gasteiger partial charge in [-0.25, -0.2) is 0 Å². The lowest BCUT2D eigenvalue weighted by atomic mass is 9.83. The summed E-state index contributed by atoms with van der Waals surface area (Å²) in [5, 5.41) is 17.7. The van der Waals surface area contributed by atoms with Crippen molar-refractivity contribution in [2.75, 3.05) is 0 Å². The molecule has 0 radical (unpaired) electrons. The molecule has 10 aromatic carbocycles. The zero-order valence-corrected chi connectivity index (χ0v) is 25.4. The van der Waals surface area contributed by atoms with Gasteiger partial charge in [-0.1, -0.05) is 133 Å². The van der Waals surface area contributed by atoms with Crippen LogP contribution >= 0.6 is 0 Å². The van der Waals surface area contributed by atoms with Crippen molar-refractivity contribution < 1.29 is 4.42 Å². The van der Waals surface area contributed by atoms with Gasteiger partial charge in [-0.15, -0.1) is 0 Å². The van der Waals surface area contributed by atoms with Crippen molar-refractivity contribution in [1.29, 1.82) is 0 Å². The summed E-state index contributed by atoms with van der Waals surface area (Å²) in [6.07, 6.45) is 0. The van der Waals surface area contributed by atoms with E-state index in [2.05, 4.69) is 158 Å². The SMILES string of the molecule is c1cc2ccc3c(-c4c5ccccc5c(-c5ccc6c7ccccc7c7ccccc7c6c5)c5ccccc45)ccc4oc(c1)c2c43. The fourth-order valence-electron chi connectivity index (χ4n) is 8.46. The molecule has 1 heteroatoms. The van der Waals surface area contributed by atoms with Gasteiger partial charge in [0.25, 0.3) is 0 Å². The third-order valence-corrected chi connectivity index (χ3v) is 10.4. The van der Waals surface area contributed by atoms with Gasteiger partial charge in [0.15, 0.2) is 0 Å². The Hall–Kier alpha value is -6.18. The van der Waals surface area contributed by atoms with E-state index in [1.165, 1.54) is 97.7 Å². The second-order valence-electron chi connectivity index (χ2n) is 12.7. The van der Waals surface area contributed by atoms with Crippen molar-refractivity contribution in [2.45, 2.75) is 0 Å². The number of furan rings is 1. The van der Waals surface area contributed by atoms with Crippen molar-refractivity contribution in [3.05, 3.63) is 158 Å². The molecule has 1 nitrogen and oxygen atoms in total. The maximum atomic E-state index is 6.35. The summed E-state index contributed by atoms with van der Waals surface area (Å²) < 4.78 is 6.35. The molecule has 47 heavy (non-hydrogen) atoms. The van der Waals surface area contributed by atoms with Crippen molar-refractivity contribution in [1.82, 2.24) is 0 Å². The van der Waals surface area contributed by atoms with Gasteiger partial charge in [-0.2, -0.15) is 0 Å². The summed E-state index contributed by atoms with van der Waals surface area (Å²) in [5.41, 5.74) is 6.91. The molecule has 1 aromatic heterocycles. The molecule has 11 rings (SSSR count). The summed E-state index contributed by atoms with van der Waals surface area (Å²) >= 11 is 0. The highest BCUT2D eigenvalue weighted by molar-refractivity contribution is 6.30. The van der Waals surface area contributed by atoms with Crippen LogP contribution in [0.4, 0.5) is 0 Å². The Morgan fingerprint density at radius 3 is 1.45 bits per heavy atom. The summed E-state index contributed by atoms with van der Waals surface area (Å²) in [5.74, 6) is 0. The zero-order chi connectivity index (χ0) is 30.6. The van der Waals surface area contributed by atoms with Crippen LogP contribution in [-0.2, 0) is 0 Å². The smallest absolute Gasteiger partial charge is 0.136 e. The van der Waals surface area contributed by atoms with Crippen LogP contribution in [0.3, 0.4) is 0 Å². The van der Waals surface area contributed by atoms with Gasteiger partial charge in [-0.3, -0.25) is 0 Å². The zero-order valence-electron chi connectivity index (χ0n) is 25.4. The second-order valence-corrected chi connectivity index (χ2v) is 12.7. The Morgan fingerprint density at radius 2 is 0.809 bits per heavy atom. The highest BCUT2D eigenvalue weighted by Gasteiger charge is 2.21. The highest BCUT2D eigenvalue weighted by Crippen LogP contribution is 2.48. The predicted molar refractivity (Wildman–Crippen MR) is 201 cm³/mol. The fourth-order valence-corrected chi connectivity index (χ4v) is 8.46. The number of fused-ring (bicyclic) bond motifs is 8. The quantitative estimate of drug-likeness (QED) is 0.143. The van der Waals surface area contributed by atoms with Crippen molar-refractivity contribution in [3.63, 3.8) is 0 Å². The third kappa shape index (κ3) is 3.33. The molecule has 0 aliphatic carbocycles. The molecule has 0 bridgehead atoms. The number of hydrogen-bond donors (Lipinski definition) is 0. The average Bonchev–Trinajstić information content (AvgIpc) is 3.53. The molecule has 0 atom stereocenters. The molecule has 0 aliphatic rings. The first-order valence-corrected chi connectivity index (χ1v) is 16.3. The molecule has 0 unspecified atom stereocenters. The minimum absolute atomic E-state index is 0.941. The lowest BCUT2D eigenvalue weighted by Crippen LogP contribution is -1.92. The predicted octanol–water partition coefficient (Wildman–Crippen LogP) is 13.3. The van der Waals surface area contributed by atoms with Crippen LogP contribution in [0, 0.1) is 0 Å². The molecule has 0 aliphatic heterocycles. The first kappa shape index (κ1) is 25.1. The van der Waals surface area contributed by atoms with Gasteiger partial charge in [0.2, 0.25) is 0 Å². The van der Waals surface area contributed by atoms with Crippen LogP contribution in [-0.4, -0.2) is 0 Å². The molecule has 0 N–H and O–H groups in total. The van der Waals surface area contributed by atoms with Crippen LogP contribution in [0.25, 0.3) is 109 Å². The Bertz CT molecular complexity index is 2980. The lowest BCUT2D eigenvalue weighted by molar-refractivity contribution is 0.669. The van der Waals surface area contributed by atoms with E-state index in [-0.39, 0.29) is 0 Å². The maximum absolute atomic E-state index is 6.35. The largest absolute Gasteiger partial charge is 0.456 e. The Kier molecular flexibility index (Phi) is 4.90. The first-order valence-electron chi connectivity index (χ1n) is 16.3. The summed E-state index contributed by atoms with van der Waals surface area (Å²) in [6, 6.07) is 57.9. The van der Waals surface area contributed by atoms with Gasteiger partial charge in [0, 0.05) is 10.8 Å². The van der Waals surface area contributed by atoms with Crippen molar-refractivity contribution >= 4 is 86.6 Å². The lowest BCUT2D eigenvalue weighted by Gasteiger charge is -2.19. The molecular formula is C46H26O. The van der Waals surface area contributed by atoms with Crippen molar-refractivity contribution in [2.24, 2.45) is 0 Å². The van der Waals surface area contributed by atoms with E-state index in [1.807, 2.05) is 0 Å². The van der Waals surface area contributed by atoms with Gasteiger partial charge >= 0.3 is 0 Å². The molecule has 0 spiro atoms. The van der Waals surface area contributed by atoms with Gasteiger partial charge in [0.05, 0.1) is 0 Å². The molecule has 0 fully saturated rings. The Labute approximate surface area is 270 Å². The third-order valence-electron chi connectivity index (χ3n) is 10.4. The van der Waals surface area contributed by atoms with E-state index in [0.717, 1.165) is 11.2 Å². The van der Waals surface area contributed by atoms with Gasteiger partial charge < -0.3 is 4.42 Å². The summed E-state index contributed by atoms with van der Waals surface area (Å²) in [7, 11) is 0. The fraction of sp³-hybridized carbons (Fsp3) is 0. The minimum atomic E-state index is 0.941. The topological polar surface area (TPSA) is 13.1 Å². The highest BCUT2D eigenvalue weighted by atomic mass is 16.3. The normalized spacial score (nSPS) is 12.3. The van der Waals surface area contributed by atoms with E-state index >= 15 is 0 Å². The van der Waals surface area contributed by atoms with Crippen LogP contribution in [0.2, 0.25) is 0 Å². The molecule has 0 saturated carbocycles. The van der Waals surface area contributed by atoms with E-state index in [9.17, 15) is 0 Å². The minimum Gasteiger partial charge on any atom is -0.456 e. The average molecular weight is 595 g/mol. The number of rotatable bonds is 2. The monoisotopic (exact) mass is 594 g/mol. The van der Waals surface area contributed by atoms with Crippen LogP contribution in [0.15, 0.2) is 162 Å². The summed E-state index contributed by atoms with van der Waals surface area (Å²) in [4.78, 5) is 0. The maximum Gasteiger partial charge on any atom is 0.136 e. The van der Waals surface area contributed by atoms with Gasteiger partial charge in [0.1, 0.15) is 11.2 Å². The number of benzene rings is 10. The van der Waals surface area contributed by atoms with Crippen LogP contribution in [0.1, 0.15) is 0 Å². The molecule has 0 amide bonds. The molecule has 11 aromatic rings. The van der Waals surface area contributed by atoms with Crippen molar-refractivity contribution in [3.8, 4) is 22.3 Å². The molecular weight excluding hydrogens is 569 g/mol. The summed E-state index contributed by atoms with van der Waals surface area (Å²) in [6.45, 7) is 0. The first-order chi connectivity index (χ1) is 23.3. The van der Waals surface area contributed by atoms with E-state index in [4.69, 9.17) is 4.42 Å². The van der Waals surface area contributed by atoms with Crippen LogP contribution < -0.4 is 0 Å². The number of hydrogen-bond acceptors (Lipinski definition) is 1. The molecule has 1 heterocycles. The van der Waals surface area contributed by atoms with E-state index in [0.29, 0.717) is 0 Å². The van der Waals surface area contributed by atoms with E-state index < -0.39 is 0 Å². The standard InChI is InChI=1S/C46H26O/c1-2-13-31-29(11-1)30-12-3-4-14-32(30)40-26-28(21-22-33(31)40)43-34-15-5-7-17-36(34)45(37-18-8-6-16-35(37)43)38-24-25-42-46-39(38)23-20-27-10-9-19-41(47-42)44(27)46/h1-26H. The van der Waals surface area contributed by atoms with Crippen LogP contribution in [0.5, 0.6) is 0 Å². The molecule has 216 valence electrons. The second kappa shape index (κ2) is 9.19. The molecule has 0 saturated heterocycles. The van der Waals surface area contributed by atoms with E-state index in [1.54, 1.807) is 0 Å². The van der Waals surface area contributed by atoms with Gasteiger partial charge in [-0.05, 0) is 111 Å². The Balaban J connectivity index is 1.26. The Morgan fingerprint density at radius 1 is 0.298 bits per heavy atom.